The molecule has 0 bridgehead atoms. The van der Waals surface area contributed by atoms with E-state index in [1.165, 1.54) is 13.0 Å². The summed E-state index contributed by atoms with van der Waals surface area (Å²) < 4.78 is 5.61. The van der Waals surface area contributed by atoms with Crippen molar-refractivity contribution >= 4 is 35.1 Å². The van der Waals surface area contributed by atoms with Gasteiger partial charge in [-0.2, -0.15) is 0 Å². The van der Waals surface area contributed by atoms with E-state index in [2.05, 4.69) is 5.32 Å². The zero-order valence-corrected chi connectivity index (χ0v) is 19.9. The number of hydrogen-bond donors (Lipinski definition) is 3. The summed E-state index contributed by atoms with van der Waals surface area (Å²) >= 11 is 6.23. The number of carbonyl (C=O) groups excluding carboxylic acids is 2. The summed E-state index contributed by atoms with van der Waals surface area (Å²) in [5, 5.41) is 24.1. The number of aliphatic hydroxyl groups excluding tert-OH is 1. The van der Waals surface area contributed by atoms with Crippen LogP contribution in [0.15, 0.2) is 42.5 Å². The summed E-state index contributed by atoms with van der Waals surface area (Å²) in [7, 11) is 0. The summed E-state index contributed by atoms with van der Waals surface area (Å²) in [6, 6.07) is 11.0. The SMILES string of the molecule is CCCOc1ccc(C2NC(C(=O)O)(C(C)O)C3C(=O)N(c4ccc(C)c(Cl)c4)C(=O)C23)cc1. The van der Waals surface area contributed by atoms with Crippen LogP contribution in [0.5, 0.6) is 5.75 Å². The Morgan fingerprint density at radius 3 is 2.44 bits per heavy atom. The first-order valence-electron chi connectivity index (χ1n) is 11.2. The van der Waals surface area contributed by atoms with E-state index in [0.29, 0.717) is 22.9 Å². The van der Waals surface area contributed by atoms with E-state index in [1.807, 2.05) is 6.92 Å². The molecule has 34 heavy (non-hydrogen) atoms. The number of anilines is 1. The van der Waals surface area contributed by atoms with Gasteiger partial charge >= 0.3 is 5.97 Å². The van der Waals surface area contributed by atoms with Crippen molar-refractivity contribution in [1.29, 1.82) is 0 Å². The molecule has 2 aliphatic heterocycles. The third kappa shape index (κ3) is 3.66. The van der Waals surface area contributed by atoms with Gasteiger partial charge in [0.1, 0.15) is 5.75 Å². The molecule has 5 unspecified atom stereocenters. The first-order valence-corrected chi connectivity index (χ1v) is 11.6. The minimum absolute atomic E-state index is 0.270. The standard InChI is InChI=1S/C25H27ClN2O6/c1-4-11-34-17-9-6-15(7-10-17)21-19-20(25(27-21,14(3)29)24(32)33)23(31)28(22(19)30)16-8-5-13(2)18(26)12-16/h5-10,12,14,19-21,27,29H,4,11H2,1-3H3,(H,32,33). The minimum Gasteiger partial charge on any atom is -0.494 e. The van der Waals surface area contributed by atoms with Crippen molar-refractivity contribution in [2.75, 3.05) is 11.5 Å². The second-order valence-electron chi connectivity index (χ2n) is 8.84. The highest BCUT2D eigenvalue weighted by Gasteiger charge is 2.70. The Morgan fingerprint density at radius 1 is 1.21 bits per heavy atom. The predicted molar refractivity (Wildman–Crippen MR) is 126 cm³/mol. The second kappa shape index (κ2) is 9.02. The van der Waals surface area contributed by atoms with E-state index in [4.69, 9.17) is 16.3 Å². The highest BCUT2D eigenvalue weighted by atomic mass is 35.5. The maximum absolute atomic E-state index is 13.6. The summed E-state index contributed by atoms with van der Waals surface area (Å²) in [5.41, 5.74) is -0.374. The number of aliphatic carboxylic acids is 1. The van der Waals surface area contributed by atoms with Crippen LogP contribution in [-0.2, 0) is 14.4 Å². The van der Waals surface area contributed by atoms with Crippen LogP contribution in [0.4, 0.5) is 5.69 Å². The molecule has 0 spiro atoms. The molecule has 2 aromatic rings. The number of carbonyl (C=O) groups is 3. The first-order chi connectivity index (χ1) is 16.1. The van der Waals surface area contributed by atoms with Crippen LogP contribution in [0.2, 0.25) is 5.02 Å². The largest absolute Gasteiger partial charge is 0.494 e. The number of nitrogens with one attached hydrogen (secondary N) is 1. The number of carboxylic acids is 1. The first kappa shape index (κ1) is 24.2. The molecule has 2 fully saturated rings. The number of benzene rings is 2. The summed E-state index contributed by atoms with van der Waals surface area (Å²) in [6.07, 6.45) is -0.603. The molecular weight excluding hydrogens is 460 g/mol. The molecule has 5 atom stereocenters. The van der Waals surface area contributed by atoms with Crippen LogP contribution in [-0.4, -0.2) is 46.2 Å². The molecular formula is C25H27ClN2O6. The lowest BCUT2D eigenvalue weighted by Crippen LogP contribution is -2.62. The van der Waals surface area contributed by atoms with E-state index < -0.39 is 47.3 Å². The van der Waals surface area contributed by atoms with Crippen LogP contribution in [0.3, 0.4) is 0 Å². The molecule has 2 amide bonds. The van der Waals surface area contributed by atoms with Crippen LogP contribution in [0.25, 0.3) is 0 Å². The molecule has 2 aromatic carbocycles. The van der Waals surface area contributed by atoms with Crippen molar-refractivity contribution in [2.45, 2.75) is 44.9 Å². The highest BCUT2D eigenvalue weighted by Crippen LogP contribution is 2.51. The lowest BCUT2D eigenvalue weighted by atomic mass is 9.76. The van der Waals surface area contributed by atoms with Crippen LogP contribution in [0.1, 0.15) is 37.4 Å². The highest BCUT2D eigenvalue weighted by molar-refractivity contribution is 6.32. The average Bonchev–Trinajstić information content (AvgIpc) is 3.29. The number of rotatable bonds is 7. The molecule has 180 valence electrons. The second-order valence-corrected chi connectivity index (χ2v) is 9.25. The molecule has 2 heterocycles. The lowest BCUT2D eigenvalue weighted by Gasteiger charge is -2.33. The van der Waals surface area contributed by atoms with Crippen molar-refractivity contribution in [3.63, 3.8) is 0 Å². The molecule has 8 nitrogen and oxygen atoms in total. The van der Waals surface area contributed by atoms with Crippen LogP contribution in [0, 0.1) is 18.8 Å². The van der Waals surface area contributed by atoms with Crippen molar-refractivity contribution in [3.05, 3.63) is 58.6 Å². The fraction of sp³-hybridized carbons (Fsp3) is 0.400. The van der Waals surface area contributed by atoms with Gasteiger partial charge < -0.3 is 14.9 Å². The van der Waals surface area contributed by atoms with Gasteiger partial charge in [0.2, 0.25) is 11.8 Å². The number of ether oxygens (including phenoxy) is 1. The molecule has 0 aliphatic carbocycles. The maximum Gasteiger partial charge on any atom is 0.327 e. The van der Waals surface area contributed by atoms with Gasteiger partial charge in [0.05, 0.1) is 30.2 Å². The van der Waals surface area contributed by atoms with E-state index in [1.54, 1.807) is 43.3 Å². The monoisotopic (exact) mass is 486 g/mol. The summed E-state index contributed by atoms with van der Waals surface area (Å²) in [6.45, 7) is 5.65. The fourth-order valence-corrected chi connectivity index (χ4v) is 5.13. The van der Waals surface area contributed by atoms with Gasteiger partial charge in [0, 0.05) is 11.1 Å². The molecule has 3 N–H and O–H groups in total. The number of aryl methyl sites for hydroxylation is 1. The molecule has 0 radical (unpaired) electrons. The third-order valence-corrected chi connectivity index (χ3v) is 7.14. The number of hydrogen-bond acceptors (Lipinski definition) is 6. The normalized spacial score (nSPS) is 27.1. The van der Waals surface area contributed by atoms with Crippen molar-refractivity contribution in [2.24, 2.45) is 11.8 Å². The zero-order chi connectivity index (χ0) is 24.8. The van der Waals surface area contributed by atoms with Crippen molar-refractivity contribution < 1.29 is 29.3 Å². The van der Waals surface area contributed by atoms with E-state index in [-0.39, 0.29) is 5.69 Å². The van der Waals surface area contributed by atoms with Gasteiger partial charge in [-0.05, 0) is 55.7 Å². The number of nitrogens with zero attached hydrogens (tertiary/aromatic N) is 1. The van der Waals surface area contributed by atoms with E-state index in [0.717, 1.165) is 16.9 Å². The average molecular weight is 487 g/mol. The van der Waals surface area contributed by atoms with Crippen molar-refractivity contribution in [3.8, 4) is 5.75 Å². The van der Waals surface area contributed by atoms with Gasteiger partial charge in [0.15, 0.2) is 5.54 Å². The van der Waals surface area contributed by atoms with Gasteiger partial charge in [-0.25, -0.2) is 4.90 Å². The zero-order valence-electron chi connectivity index (χ0n) is 19.1. The summed E-state index contributed by atoms with van der Waals surface area (Å²) in [5.74, 6) is -4.31. The third-order valence-electron chi connectivity index (χ3n) is 6.73. The van der Waals surface area contributed by atoms with Crippen LogP contribution < -0.4 is 15.0 Å². The Morgan fingerprint density at radius 2 is 1.88 bits per heavy atom. The predicted octanol–water partition coefficient (Wildman–Crippen LogP) is 3.09. The van der Waals surface area contributed by atoms with Gasteiger partial charge in [-0.1, -0.05) is 36.7 Å². The topological polar surface area (TPSA) is 116 Å². The number of halogens is 1. The molecule has 2 aliphatic rings. The number of fused-ring (bicyclic) bond motifs is 1. The van der Waals surface area contributed by atoms with Crippen LogP contribution >= 0.6 is 11.6 Å². The Bertz CT molecular complexity index is 1130. The van der Waals surface area contributed by atoms with E-state index in [9.17, 15) is 24.6 Å². The van der Waals surface area contributed by atoms with Gasteiger partial charge in [-0.15, -0.1) is 0 Å². The Hall–Kier alpha value is -2.94. The Balaban J connectivity index is 1.80. The lowest BCUT2D eigenvalue weighted by molar-refractivity contribution is -0.154. The smallest absolute Gasteiger partial charge is 0.327 e. The number of imide groups is 1. The number of carboxylic acid groups (broad SMARTS) is 1. The van der Waals surface area contributed by atoms with Gasteiger partial charge in [0.25, 0.3) is 0 Å². The summed E-state index contributed by atoms with van der Waals surface area (Å²) in [4.78, 5) is 40.7. The van der Waals surface area contributed by atoms with Gasteiger partial charge in [-0.3, -0.25) is 19.7 Å². The quantitative estimate of drug-likeness (QED) is 0.515. The molecule has 9 heteroatoms. The van der Waals surface area contributed by atoms with Crippen molar-refractivity contribution in [1.82, 2.24) is 5.32 Å². The molecule has 0 saturated carbocycles. The number of amides is 2. The molecule has 2 saturated heterocycles. The molecule has 4 rings (SSSR count). The number of aliphatic hydroxyl groups is 1. The Labute approximate surface area is 202 Å². The maximum atomic E-state index is 13.6. The molecule has 0 aromatic heterocycles. The fourth-order valence-electron chi connectivity index (χ4n) is 4.95. The minimum atomic E-state index is -2.04. The Kier molecular flexibility index (Phi) is 6.42. The van der Waals surface area contributed by atoms with E-state index >= 15 is 0 Å².